The molecule has 3 rings (SSSR count). The van der Waals surface area contributed by atoms with Gasteiger partial charge in [0.15, 0.2) is 0 Å². The highest BCUT2D eigenvalue weighted by Crippen LogP contribution is 2.22. The lowest BCUT2D eigenvalue weighted by Gasteiger charge is -2.16. The van der Waals surface area contributed by atoms with Crippen molar-refractivity contribution in [2.45, 2.75) is 33.1 Å². The number of benzene rings is 1. The fraction of sp³-hybridized carbons (Fsp3) is 0.250. The van der Waals surface area contributed by atoms with Crippen LogP contribution in [0.1, 0.15) is 43.3 Å². The van der Waals surface area contributed by atoms with Gasteiger partial charge in [0.05, 0.1) is 12.0 Å². The van der Waals surface area contributed by atoms with Gasteiger partial charge in [0.1, 0.15) is 16.5 Å². The van der Waals surface area contributed by atoms with Gasteiger partial charge in [-0.05, 0) is 31.2 Å². The predicted molar refractivity (Wildman–Crippen MR) is 102 cm³/mol. The molecule has 140 valence electrons. The number of hydrogen-bond acceptors (Lipinski definition) is 3. The molecule has 0 saturated carbocycles. The van der Waals surface area contributed by atoms with Gasteiger partial charge in [-0.2, -0.15) is 0 Å². The third-order valence-corrected chi connectivity index (χ3v) is 4.14. The summed E-state index contributed by atoms with van der Waals surface area (Å²) in [6.45, 7) is 7.86. The first-order chi connectivity index (χ1) is 12.6. The summed E-state index contributed by atoms with van der Waals surface area (Å²) in [5.74, 6) is -0.470. The Labute approximate surface area is 154 Å². The van der Waals surface area contributed by atoms with Crippen molar-refractivity contribution >= 4 is 12.2 Å². The van der Waals surface area contributed by atoms with E-state index in [1.165, 1.54) is 18.2 Å². The summed E-state index contributed by atoms with van der Waals surface area (Å²) in [5.41, 5.74) is 1.29. The Morgan fingerprint density at radius 3 is 2.30 bits per heavy atom. The normalized spacial score (nSPS) is 13.4. The molecular formula is C20H21FN4O2. The fourth-order valence-electron chi connectivity index (χ4n) is 2.78. The molecule has 0 bridgehead atoms. The maximum atomic E-state index is 13.9. The van der Waals surface area contributed by atoms with Gasteiger partial charge in [0.2, 0.25) is 0 Å². The Hall–Kier alpha value is -3.22. The highest BCUT2D eigenvalue weighted by Gasteiger charge is 2.19. The van der Waals surface area contributed by atoms with Crippen LogP contribution < -0.4 is 21.8 Å². The second kappa shape index (κ2) is 6.83. The predicted octanol–water partition coefficient (Wildman–Crippen LogP) is 1.19. The molecule has 0 aliphatic carbocycles. The number of halogens is 1. The molecule has 0 spiro atoms. The molecule has 3 aromatic rings. The molecule has 7 heteroatoms. The van der Waals surface area contributed by atoms with E-state index in [2.05, 4.69) is 19.9 Å². The zero-order valence-corrected chi connectivity index (χ0v) is 15.6. The van der Waals surface area contributed by atoms with Gasteiger partial charge in [-0.25, -0.2) is 9.37 Å². The summed E-state index contributed by atoms with van der Waals surface area (Å²) < 4.78 is 13.9. The van der Waals surface area contributed by atoms with Crippen LogP contribution in [0.25, 0.3) is 12.2 Å². The van der Waals surface area contributed by atoms with Crippen molar-refractivity contribution in [1.82, 2.24) is 19.9 Å². The molecule has 2 aromatic heterocycles. The topological polar surface area (TPSA) is 94.4 Å². The van der Waals surface area contributed by atoms with E-state index in [0.717, 1.165) is 11.3 Å². The Morgan fingerprint density at radius 2 is 1.67 bits per heavy atom. The SMILES string of the molecule is Cc1ccc(F)c(/C=c2\[nH]c(=O)/c(=C/c3nc[nH]c3C(C)(C)C)[nH]c2=O)c1. The maximum Gasteiger partial charge on any atom is 0.272 e. The van der Waals surface area contributed by atoms with E-state index in [1.54, 1.807) is 18.5 Å². The lowest BCUT2D eigenvalue weighted by atomic mass is 9.90. The highest BCUT2D eigenvalue weighted by molar-refractivity contribution is 5.50. The van der Waals surface area contributed by atoms with Crippen molar-refractivity contribution in [3.8, 4) is 0 Å². The number of imidazole rings is 1. The van der Waals surface area contributed by atoms with Gasteiger partial charge < -0.3 is 15.0 Å². The largest absolute Gasteiger partial charge is 0.348 e. The van der Waals surface area contributed by atoms with Crippen molar-refractivity contribution in [2.75, 3.05) is 0 Å². The molecule has 0 radical (unpaired) electrons. The molecule has 0 aliphatic heterocycles. The number of aromatic nitrogens is 4. The van der Waals surface area contributed by atoms with Crippen LogP contribution in [0, 0.1) is 12.7 Å². The average molecular weight is 368 g/mol. The van der Waals surface area contributed by atoms with Crippen LogP contribution in [0.5, 0.6) is 0 Å². The summed E-state index contributed by atoms with van der Waals surface area (Å²) >= 11 is 0. The Morgan fingerprint density at radius 1 is 1.04 bits per heavy atom. The van der Waals surface area contributed by atoms with E-state index in [9.17, 15) is 14.0 Å². The van der Waals surface area contributed by atoms with E-state index >= 15 is 0 Å². The molecule has 0 amide bonds. The summed E-state index contributed by atoms with van der Waals surface area (Å²) in [5, 5.41) is 0.0687. The quantitative estimate of drug-likeness (QED) is 0.634. The molecule has 1 aromatic carbocycles. The summed E-state index contributed by atoms with van der Waals surface area (Å²) in [4.78, 5) is 37.1. The Bertz CT molecular complexity index is 1230. The number of hydrogen-bond donors (Lipinski definition) is 3. The maximum absolute atomic E-state index is 13.9. The third kappa shape index (κ3) is 3.97. The fourth-order valence-corrected chi connectivity index (χ4v) is 2.78. The first-order valence-corrected chi connectivity index (χ1v) is 8.51. The van der Waals surface area contributed by atoms with Crippen LogP contribution in [-0.4, -0.2) is 19.9 Å². The molecule has 0 fully saturated rings. The standard InChI is InChI=1S/C20H21FN4O2/c1-11-5-6-13(21)12(7-11)8-15-18(26)25-16(19(27)24-15)9-14-17(20(2,3)4)23-10-22-14/h5-10H,1-4H3,(H,22,23)(H,24,27)(H,25,26)/b15-8-,16-9-. The molecule has 0 aliphatic rings. The second-order valence-electron chi connectivity index (χ2n) is 7.46. The first kappa shape index (κ1) is 18.6. The number of aromatic amines is 3. The summed E-state index contributed by atoms with van der Waals surface area (Å²) in [6, 6.07) is 4.56. The van der Waals surface area contributed by atoms with Crippen molar-refractivity contribution in [3.63, 3.8) is 0 Å². The first-order valence-electron chi connectivity index (χ1n) is 8.51. The van der Waals surface area contributed by atoms with Gasteiger partial charge in [-0.1, -0.05) is 32.4 Å². The van der Waals surface area contributed by atoms with Crippen LogP contribution in [0.4, 0.5) is 4.39 Å². The van der Waals surface area contributed by atoms with Gasteiger partial charge in [0.25, 0.3) is 11.1 Å². The minimum Gasteiger partial charge on any atom is -0.348 e. The van der Waals surface area contributed by atoms with Crippen LogP contribution in [0.2, 0.25) is 0 Å². The Kier molecular flexibility index (Phi) is 4.70. The van der Waals surface area contributed by atoms with E-state index in [0.29, 0.717) is 5.69 Å². The number of rotatable bonds is 2. The number of aryl methyl sites for hydroxylation is 1. The van der Waals surface area contributed by atoms with E-state index in [1.807, 2.05) is 27.7 Å². The lowest BCUT2D eigenvalue weighted by Crippen LogP contribution is -2.46. The van der Waals surface area contributed by atoms with Crippen molar-refractivity contribution in [3.05, 3.63) is 84.3 Å². The minimum atomic E-state index is -0.519. The van der Waals surface area contributed by atoms with Crippen LogP contribution >= 0.6 is 0 Å². The summed E-state index contributed by atoms with van der Waals surface area (Å²) in [7, 11) is 0. The van der Waals surface area contributed by atoms with Crippen LogP contribution in [-0.2, 0) is 5.41 Å². The second-order valence-corrected chi connectivity index (χ2v) is 7.46. The zero-order valence-electron chi connectivity index (χ0n) is 15.6. The highest BCUT2D eigenvalue weighted by atomic mass is 19.1. The van der Waals surface area contributed by atoms with E-state index in [4.69, 9.17) is 0 Å². The van der Waals surface area contributed by atoms with Gasteiger partial charge >= 0.3 is 0 Å². The molecular weight excluding hydrogens is 347 g/mol. The number of nitrogens with zero attached hydrogens (tertiary/aromatic N) is 1. The van der Waals surface area contributed by atoms with Crippen LogP contribution in [0.3, 0.4) is 0 Å². The average Bonchev–Trinajstić information content (AvgIpc) is 3.04. The smallest absolute Gasteiger partial charge is 0.272 e. The molecule has 0 unspecified atom stereocenters. The van der Waals surface area contributed by atoms with Gasteiger partial charge in [0, 0.05) is 16.7 Å². The molecule has 0 saturated heterocycles. The molecule has 2 heterocycles. The third-order valence-electron chi connectivity index (χ3n) is 4.14. The molecule has 3 N–H and O–H groups in total. The lowest BCUT2D eigenvalue weighted by molar-refractivity contribution is 0.571. The van der Waals surface area contributed by atoms with E-state index in [-0.39, 0.29) is 21.7 Å². The van der Waals surface area contributed by atoms with Gasteiger partial charge in [-0.3, -0.25) is 9.59 Å². The van der Waals surface area contributed by atoms with Crippen molar-refractivity contribution in [1.29, 1.82) is 0 Å². The molecule has 6 nitrogen and oxygen atoms in total. The number of H-pyrrole nitrogens is 3. The van der Waals surface area contributed by atoms with Crippen molar-refractivity contribution in [2.24, 2.45) is 0 Å². The van der Waals surface area contributed by atoms with Gasteiger partial charge in [-0.15, -0.1) is 0 Å². The minimum absolute atomic E-state index is 0.0141. The zero-order chi connectivity index (χ0) is 19.8. The number of nitrogens with one attached hydrogen (secondary N) is 3. The Balaban J connectivity index is 2.16. The van der Waals surface area contributed by atoms with E-state index < -0.39 is 16.9 Å². The van der Waals surface area contributed by atoms with Crippen molar-refractivity contribution < 1.29 is 4.39 Å². The monoisotopic (exact) mass is 368 g/mol. The molecule has 0 atom stereocenters. The van der Waals surface area contributed by atoms with Crippen LogP contribution in [0.15, 0.2) is 34.1 Å². The molecule has 27 heavy (non-hydrogen) atoms. The summed E-state index contributed by atoms with van der Waals surface area (Å²) in [6.07, 6.45) is 4.39.